The molecule has 1 N–H and O–H groups in total. The molecule has 0 aliphatic heterocycles. The first kappa shape index (κ1) is 14.7. The van der Waals surface area contributed by atoms with Crippen molar-refractivity contribution in [1.29, 1.82) is 0 Å². The quantitative estimate of drug-likeness (QED) is 0.843. The SMILES string of the molecule is CCNC(C)c1cccc(-c2c(C)cc(C)cc2F)c1. The van der Waals surface area contributed by atoms with E-state index in [1.807, 2.05) is 32.0 Å². The smallest absolute Gasteiger partial charge is 0.131 e. The van der Waals surface area contributed by atoms with Crippen LogP contribution in [0.5, 0.6) is 0 Å². The van der Waals surface area contributed by atoms with Crippen LogP contribution in [0.1, 0.15) is 36.6 Å². The zero-order chi connectivity index (χ0) is 14.7. The summed E-state index contributed by atoms with van der Waals surface area (Å²) in [6.45, 7) is 9.02. The van der Waals surface area contributed by atoms with Gasteiger partial charge in [-0.25, -0.2) is 4.39 Å². The molecule has 0 heterocycles. The molecule has 0 spiro atoms. The number of hydrogen-bond donors (Lipinski definition) is 1. The molecule has 2 aromatic rings. The molecule has 2 heteroatoms. The normalized spacial score (nSPS) is 12.4. The maximum absolute atomic E-state index is 14.3. The van der Waals surface area contributed by atoms with Gasteiger partial charge < -0.3 is 5.32 Å². The summed E-state index contributed by atoms with van der Waals surface area (Å²) in [5, 5.41) is 3.39. The highest BCUT2D eigenvalue weighted by molar-refractivity contribution is 5.69. The fourth-order valence-electron chi connectivity index (χ4n) is 2.67. The maximum Gasteiger partial charge on any atom is 0.131 e. The van der Waals surface area contributed by atoms with Crippen molar-refractivity contribution in [3.63, 3.8) is 0 Å². The van der Waals surface area contributed by atoms with Crippen LogP contribution in [0.25, 0.3) is 11.1 Å². The van der Waals surface area contributed by atoms with Gasteiger partial charge in [0.1, 0.15) is 5.82 Å². The number of aryl methyl sites for hydroxylation is 2. The van der Waals surface area contributed by atoms with Crippen LogP contribution in [-0.4, -0.2) is 6.54 Å². The van der Waals surface area contributed by atoms with E-state index in [2.05, 4.69) is 31.3 Å². The minimum atomic E-state index is -0.143. The van der Waals surface area contributed by atoms with Crippen LogP contribution >= 0.6 is 0 Å². The Kier molecular flexibility index (Phi) is 4.56. The fraction of sp³-hybridized carbons (Fsp3) is 0.333. The van der Waals surface area contributed by atoms with E-state index in [0.717, 1.165) is 23.2 Å². The Bertz CT molecular complexity index is 581. The highest BCUT2D eigenvalue weighted by atomic mass is 19.1. The van der Waals surface area contributed by atoms with Crippen molar-refractivity contribution < 1.29 is 4.39 Å². The van der Waals surface area contributed by atoms with E-state index in [0.29, 0.717) is 5.56 Å². The Balaban J connectivity index is 2.46. The van der Waals surface area contributed by atoms with Crippen LogP contribution < -0.4 is 5.32 Å². The van der Waals surface area contributed by atoms with Gasteiger partial charge >= 0.3 is 0 Å². The van der Waals surface area contributed by atoms with E-state index in [-0.39, 0.29) is 11.9 Å². The second-order valence-corrected chi connectivity index (χ2v) is 5.34. The first-order chi connectivity index (χ1) is 9.52. The Labute approximate surface area is 120 Å². The van der Waals surface area contributed by atoms with Gasteiger partial charge in [-0.05, 0) is 61.7 Å². The summed E-state index contributed by atoms with van der Waals surface area (Å²) in [4.78, 5) is 0. The lowest BCUT2D eigenvalue weighted by molar-refractivity contribution is 0.598. The third-order valence-corrected chi connectivity index (χ3v) is 3.62. The molecule has 0 fully saturated rings. The molecule has 20 heavy (non-hydrogen) atoms. The van der Waals surface area contributed by atoms with Crippen molar-refractivity contribution in [1.82, 2.24) is 5.32 Å². The number of hydrogen-bond acceptors (Lipinski definition) is 1. The molecule has 0 saturated carbocycles. The molecule has 0 aliphatic carbocycles. The van der Waals surface area contributed by atoms with Crippen LogP contribution in [-0.2, 0) is 0 Å². The highest BCUT2D eigenvalue weighted by Gasteiger charge is 2.11. The summed E-state index contributed by atoms with van der Waals surface area (Å²) in [6, 6.07) is 12.0. The van der Waals surface area contributed by atoms with Crippen LogP contribution in [0.4, 0.5) is 4.39 Å². The van der Waals surface area contributed by atoms with Gasteiger partial charge in [0.25, 0.3) is 0 Å². The van der Waals surface area contributed by atoms with Crippen molar-refractivity contribution in [2.45, 2.75) is 33.7 Å². The highest BCUT2D eigenvalue weighted by Crippen LogP contribution is 2.29. The number of nitrogens with one attached hydrogen (secondary N) is 1. The molecule has 1 unspecified atom stereocenters. The monoisotopic (exact) mass is 271 g/mol. The molecule has 0 bridgehead atoms. The zero-order valence-corrected chi connectivity index (χ0v) is 12.6. The lowest BCUT2D eigenvalue weighted by Crippen LogP contribution is -2.17. The molecule has 2 rings (SSSR count). The molecule has 106 valence electrons. The zero-order valence-electron chi connectivity index (χ0n) is 12.6. The third-order valence-electron chi connectivity index (χ3n) is 3.62. The predicted molar refractivity (Wildman–Crippen MR) is 83.4 cm³/mol. The van der Waals surface area contributed by atoms with E-state index >= 15 is 0 Å². The van der Waals surface area contributed by atoms with E-state index in [4.69, 9.17) is 0 Å². The minimum Gasteiger partial charge on any atom is -0.310 e. The van der Waals surface area contributed by atoms with Crippen LogP contribution in [0, 0.1) is 19.7 Å². The van der Waals surface area contributed by atoms with Gasteiger partial charge in [0.05, 0.1) is 0 Å². The standard InChI is InChI=1S/C18H22FN/c1-5-20-14(4)15-7-6-8-16(11-15)18-13(3)9-12(2)10-17(18)19/h6-11,14,20H,5H2,1-4H3. The van der Waals surface area contributed by atoms with Crippen molar-refractivity contribution in [2.75, 3.05) is 6.54 Å². The Hall–Kier alpha value is -1.67. The largest absolute Gasteiger partial charge is 0.310 e. The molecular formula is C18H22FN. The molecule has 1 atom stereocenters. The third kappa shape index (κ3) is 3.07. The molecular weight excluding hydrogens is 249 g/mol. The number of benzene rings is 2. The summed E-state index contributed by atoms with van der Waals surface area (Å²) < 4.78 is 14.3. The van der Waals surface area contributed by atoms with Crippen molar-refractivity contribution in [2.24, 2.45) is 0 Å². The molecule has 2 aromatic carbocycles. The second kappa shape index (κ2) is 6.19. The molecule has 0 radical (unpaired) electrons. The lowest BCUT2D eigenvalue weighted by Gasteiger charge is -2.15. The summed E-state index contributed by atoms with van der Waals surface area (Å²) >= 11 is 0. The average molecular weight is 271 g/mol. The van der Waals surface area contributed by atoms with Gasteiger partial charge in [-0.2, -0.15) is 0 Å². The lowest BCUT2D eigenvalue weighted by atomic mass is 9.95. The van der Waals surface area contributed by atoms with E-state index in [1.165, 1.54) is 5.56 Å². The molecule has 0 saturated heterocycles. The van der Waals surface area contributed by atoms with Crippen molar-refractivity contribution >= 4 is 0 Å². The Morgan fingerprint density at radius 2 is 1.90 bits per heavy atom. The van der Waals surface area contributed by atoms with Crippen molar-refractivity contribution in [3.8, 4) is 11.1 Å². The fourth-order valence-corrected chi connectivity index (χ4v) is 2.67. The predicted octanol–water partition coefficient (Wildman–Crippen LogP) is 4.78. The van der Waals surface area contributed by atoms with E-state index in [1.54, 1.807) is 6.07 Å². The van der Waals surface area contributed by atoms with Gasteiger partial charge in [-0.3, -0.25) is 0 Å². The van der Waals surface area contributed by atoms with Crippen molar-refractivity contribution in [3.05, 3.63) is 58.9 Å². The molecule has 0 aliphatic rings. The van der Waals surface area contributed by atoms with Gasteiger partial charge in [0.15, 0.2) is 0 Å². The Morgan fingerprint density at radius 3 is 2.55 bits per heavy atom. The van der Waals surface area contributed by atoms with E-state index < -0.39 is 0 Å². The summed E-state index contributed by atoms with van der Waals surface area (Å²) in [5.74, 6) is -0.143. The summed E-state index contributed by atoms with van der Waals surface area (Å²) in [6.07, 6.45) is 0. The van der Waals surface area contributed by atoms with Crippen LogP contribution in [0.2, 0.25) is 0 Å². The average Bonchev–Trinajstić information content (AvgIpc) is 2.38. The minimum absolute atomic E-state index is 0.143. The van der Waals surface area contributed by atoms with Crippen LogP contribution in [0.3, 0.4) is 0 Å². The van der Waals surface area contributed by atoms with Crippen LogP contribution in [0.15, 0.2) is 36.4 Å². The second-order valence-electron chi connectivity index (χ2n) is 5.34. The molecule has 1 nitrogen and oxygen atoms in total. The van der Waals surface area contributed by atoms with Gasteiger partial charge in [-0.15, -0.1) is 0 Å². The number of halogens is 1. The van der Waals surface area contributed by atoms with E-state index in [9.17, 15) is 4.39 Å². The first-order valence-electron chi connectivity index (χ1n) is 7.13. The maximum atomic E-state index is 14.3. The van der Waals surface area contributed by atoms with Gasteiger partial charge in [-0.1, -0.05) is 31.2 Å². The summed E-state index contributed by atoms with van der Waals surface area (Å²) in [7, 11) is 0. The van der Waals surface area contributed by atoms with Gasteiger partial charge in [0, 0.05) is 11.6 Å². The topological polar surface area (TPSA) is 12.0 Å². The Morgan fingerprint density at radius 1 is 1.15 bits per heavy atom. The summed E-state index contributed by atoms with van der Waals surface area (Å²) in [5.41, 5.74) is 4.78. The first-order valence-corrected chi connectivity index (χ1v) is 7.13. The molecule has 0 amide bonds. The van der Waals surface area contributed by atoms with Gasteiger partial charge in [0.2, 0.25) is 0 Å². The molecule has 0 aromatic heterocycles. The number of rotatable bonds is 4.